The van der Waals surface area contributed by atoms with E-state index in [0.29, 0.717) is 17.4 Å². The average Bonchev–Trinajstić information content (AvgIpc) is 2.65. The third-order valence-corrected chi connectivity index (χ3v) is 5.57. The van der Waals surface area contributed by atoms with Crippen molar-refractivity contribution in [1.29, 1.82) is 0 Å². The molecule has 2 aromatic rings. The first-order valence-electron chi connectivity index (χ1n) is 10.1. The fraction of sp³-hybridized carbons (Fsp3) is 0.435. The summed E-state index contributed by atoms with van der Waals surface area (Å²) in [6.45, 7) is 7.73. The molecular formula is C23H32N2O4S. The van der Waals surface area contributed by atoms with Gasteiger partial charge in [-0.15, -0.1) is 0 Å². The van der Waals surface area contributed by atoms with E-state index in [1.54, 1.807) is 24.3 Å². The summed E-state index contributed by atoms with van der Waals surface area (Å²) in [7, 11) is -3.64. The van der Waals surface area contributed by atoms with Crippen LogP contribution in [0.3, 0.4) is 0 Å². The highest BCUT2D eigenvalue weighted by Gasteiger charge is 2.23. The van der Waals surface area contributed by atoms with Crippen LogP contribution in [0.2, 0.25) is 0 Å². The Morgan fingerprint density at radius 3 is 2.10 bits per heavy atom. The summed E-state index contributed by atoms with van der Waals surface area (Å²) in [5.74, 6) is 0.667. The topological polar surface area (TPSA) is 75.7 Å². The monoisotopic (exact) mass is 432 g/mol. The zero-order chi connectivity index (χ0) is 22.3. The van der Waals surface area contributed by atoms with Crippen molar-refractivity contribution in [1.82, 2.24) is 5.32 Å². The second kappa shape index (κ2) is 10.5. The highest BCUT2D eigenvalue weighted by atomic mass is 32.2. The second-order valence-corrected chi connectivity index (χ2v) is 10.00. The highest BCUT2D eigenvalue weighted by Crippen LogP contribution is 2.24. The molecule has 1 unspecified atom stereocenters. The smallest absolute Gasteiger partial charge is 0.241 e. The Labute approximate surface area is 180 Å². The number of nitrogens with zero attached hydrogens (tertiary/aromatic N) is 1. The molecule has 0 aliphatic rings. The molecule has 0 bridgehead atoms. The van der Waals surface area contributed by atoms with Crippen LogP contribution < -0.4 is 14.4 Å². The average molecular weight is 433 g/mol. The van der Waals surface area contributed by atoms with Gasteiger partial charge in [-0.05, 0) is 56.0 Å². The van der Waals surface area contributed by atoms with Gasteiger partial charge in [-0.1, -0.05) is 44.2 Å². The summed E-state index contributed by atoms with van der Waals surface area (Å²) >= 11 is 0. The number of hydrogen-bond donors (Lipinski definition) is 1. The predicted octanol–water partition coefficient (Wildman–Crippen LogP) is 4.14. The van der Waals surface area contributed by atoms with Crippen LogP contribution in [0.1, 0.15) is 45.7 Å². The Morgan fingerprint density at radius 1 is 1.00 bits per heavy atom. The van der Waals surface area contributed by atoms with Gasteiger partial charge in [0.1, 0.15) is 12.3 Å². The maximum Gasteiger partial charge on any atom is 0.241 e. The van der Waals surface area contributed by atoms with Gasteiger partial charge in [0.25, 0.3) is 0 Å². The molecule has 0 radical (unpaired) electrons. The van der Waals surface area contributed by atoms with E-state index in [9.17, 15) is 13.2 Å². The molecule has 0 spiro atoms. The maximum atomic E-state index is 12.8. The van der Waals surface area contributed by atoms with Crippen LogP contribution in [0, 0.1) is 5.92 Å². The zero-order valence-corrected chi connectivity index (χ0v) is 19.1. The van der Waals surface area contributed by atoms with E-state index >= 15 is 0 Å². The lowest BCUT2D eigenvalue weighted by molar-refractivity contribution is -0.120. The molecule has 164 valence electrons. The van der Waals surface area contributed by atoms with Crippen molar-refractivity contribution in [3.63, 3.8) is 0 Å². The first-order valence-corrected chi connectivity index (χ1v) is 12.0. The summed E-state index contributed by atoms with van der Waals surface area (Å²) in [6.07, 6.45) is 1.88. The molecule has 0 aromatic heterocycles. The van der Waals surface area contributed by atoms with E-state index in [1.165, 1.54) is 0 Å². The molecule has 0 fully saturated rings. The minimum Gasteiger partial charge on any atom is -0.491 e. The second-order valence-electron chi connectivity index (χ2n) is 8.09. The van der Waals surface area contributed by atoms with Crippen LogP contribution in [0.15, 0.2) is 54.6 Å². The lowest BCUT2D eigenvalue weighted by Gasteiger charge is -2.25. The molecule has 0 heterocycles. The quantitative estimate of drug-likeness (QED) is 0.612. The number of hydrogen-bond acceptors (Lipinski definition) is 4. The number of rotatable bonds is 10. The van der Waals surface area contributed by atoms with Crippen LogP contribution in [0.25, 0.3) is 0 Å². The van der Waals surface area contributed by atoms with Crippen molar-refractivity contribution in [2.45, 2.75) is 46.3 Å². The Bertz CT molecular complexity index is 910. The van der Waals surface area contributed by atoms with Crippen molar-refractivity contribution in [3.8, 4) is 5.75 Å². The molecule has 0 saturated carbocycles. The number of sulfonamides is 1. The third kappa shape index (κ3) is 7.37. The number of carbonyl (C=O) groups excluding carboxylic acids is 1. The number of benzene rings is 2. The number of anilines is 1. The molecule has 0 saturated heterocycles. The molecule has 1 atom stereocenters. The van der Waals surface area contributed by atoms with Gasteiger partial charge in [-0.25, -0.2) is 8.42 Å². The van der Waals surface area contributed by atoms with Crippen molar-refractivity contribution in [3.05, 3.63) is 60.2 Å². The third-order valence-electron chi connectivity index (χ3n) is 4.43. The van der Waals surface area contributed by atoms with Crippen LogP contribution in [0.4, 0.5) is 5.69 Å². The Kier molecular flexibility index (Phi) is 8.29. The molecule has 30 heavy (non-hydrogen) atoms. The van der Waals surface area contributed by atoms with Gasteiger partial charge < -0.3 is 10.1 Å². The number of carbonyl (C=O) groups is 1. The largest absolute Gasteiger partial charge is 0.491 e. The number of nitrogens with one attached hydrogen (secondary N) is 1. The number of ether oxygens (including phenoxy) is 1. The Hall–Kier alpha value is -2.54. The minimum atomic E-state index is -3.64. The molecule has 0 aliphatic carbocycles. The Balaban J connectivity index is 2.18. The fourth-order valence-corrected chi connectivity index (χ4v) is 4.03. The van der Waals surface area contributed by atoms with Gasteiger partial charge in [0.15, 0.2) is 0 Å². The van der Waals surface area contributed by atoms with E-state index in [4.69, 9.17) is 4.74 Å². The van der Waals surface area contributed by atoms with E-state index in [1.807, 2.05) is 44.2 Å². The maximum absolute atomic E-state index is 12.8. The first-order chi connectivity index (χ1) is 14.1. The van der Waals surface area contributed by atoms with Gasteiger partial charge >= 0.3 is 0 Å². The summed E-state index contributed by atoms with van der Waals surface area (Å²) in [4.78, 5) is 12.8. The van der Waals surface area contributed by atoms with E-state index in [-0.39, 0.29) is 24.6 Å². The van der Waals surface area contributed by atoms with Crippen molar-refractivity contribution in [2.24, 2.45) is 5.92 Å². The van der Waals surface area contributed by atoms with E-state index < -0.39 is 10.0 Å². The van der Waals surface area contributed by atoms with E-state index in [0.717, 1.165) is 22.5 Å². The lowest BCUT2D eigenvalue weighted by atomic mass is 9.97. The fourth-order valence-electron chi connectivity index (χ4n) is 3.17. The summed E-state index contributed by atoms with van der Waals surface area (Å²) < 4.78 is 31.5. The van der Waals surface area contributed by atoms with Crippen LogP contribution in [-0.2, 0) is 14.8 Å². The lowest BCUT2D eigenvalue weighted by Crippen LogP contribution is -2.41. The first kappa shape index (κ1) is 23.7. The van der Waals surface area contributed by atoms with Crippen LogP contribution in [-0.4, -0.2) is 33.2 Å². The molecular weight excluding hydrogens is 400 g/mol. The van der Waals surface area contributed by atoms with Crippen molar-refractivity contribution >= 4 is 21.6 Å². The molecule has 1 amide bonds. The van der Waals surface area contributed by atoms with Gasteiger partial charge in [0, 0.05) is 0 Å². The van der Waals surface area contributed by atoms with E-state index in [2.05, 4.69) is 19.2 Å². The standard InChI is InChI=1S/C23H32N2O4S/c1-17(2)15-22(19-9-7-6-8-10-19)24-23(26)16-25(30(5,27)28)20-11-13-21(14-12-20)29-18(3)4/h6-14,17-18,22H,15-16H2,1-5H3,(H,24,26). The van der Waals surface area contributed by atoms with Crippen LogP contribution in [0.5, 0.6) is 5.75 Å². The van der Waals surface area contributed by atoms with Crippen LogP contribution >= 0.6 is 0 Å². The predicted molar refractivity (Wildman–Crippen MR) is 121 cm³/mol. The van der Waals surface area contributed by atoms with Gasteiger partial charge in [-0.2, -0.15) is 0 Å². The molecule has 2 rings (SSSR count). The minimum absolute atomic E-state index is 0.0171. The summed E-state index contributed by atoms with van der Waals surface area (Å²) in [6, 6.07) is 16.2. The summed E-state index contributed by atoms with van der Waals surface area (Å²) in [5, 5.41) is 3.00. The molecule has 2 aromatic carbocycles. The highest BCUT2D eigenvalue weighted by molar-refractivity contribution is 7.92. The van der Waals surface area contributed by atoms with Crippen molar-refractivity contribution < 1.29 is 17.9 Å². The molecule has 6 nitrogen and oxygen atoms in total. The zero-order valence-electron chi connectivity index (χ0n) is 18.3. The van der Waals surface area contributed by atoms with Gasteiger partial charge in [0.2, 0.25) is 15.9 Å². The van der Waals surface area contributed by atoms with Gasteiger partial charge in [0.05, 0.1) is 24.1 Å². The van der Waals surface area contributed by atoms with Crippen molar-refractivity contribution in [2.75, 3.05) is 17.1 Å². The molecule has 1 N–H and O–H groups in total. The summed E-state index contributed by atoms with van der Waals surface area (Å²) in [5.41, 5.74) is 1.42. The molecule has 0 aliphatic heterocycles. The van der Waals surface area contributed by atoms with Gasteiger partial charge in [-0.3, -0.25) is 9.10 Å². The number of amides is 1. The SMILES string of the molecule is CC(C)CC(NC(=O)CN(c1ccc(OC(C)C)cc1)S(C)(=O)=O)c1ccccc1. The molecule has 7 heteroatoms. The Morgan fingerprint density at radius 2 is 1.60 bits per heavy atom. The normalized spacial score (nSPS) is 12.6.